The van der Waals surface area contributed by atoms with Gasteiger partial charge in [0, 0.05) is 37.3 Å². The molecular formula is C29H40N4O2. The Hall–Kier alpha value is -2.76. The number of ketones is 1. The average molecular weight is 477 g/mol. The molecule has 1 aliphatic carbocycles. The maximum atomic E-state index is 13.2. The number of aromatic nitrogens is 4. The Morgan fingerprint density at radius 2 is 1.86 bits per heavy atom. The highest BCUT2D eigenvalue weighted by Gasteiger charge is 2.34. The summed E-state index contributed by atoms with van der Waals surface area (Å²) in [5.41, 5.74) is 4.27. The summed E-state index contributed by atoms with van der Waals surface area (Å²) in [4.78, 5) is 13.2. The van der Waals surface area contributed by atoms with Gasteiger partial charge in [-0.1, -0.05) is 56.6 Å². The van der Waals surface area contributed by atoms with Crippen molar-refractivity contribution >= 4 is 5.78 Å². The minimum absolute atomic E-state index is 0.0439. The van der Waals surface area contributed by atoms with Gasteiger partial charge in [-0.2, -0.15) is 0 Å². The highest BCUT2D eigenvalue weighted by Crippen LogP contribution is 2.42. The van der Waals surface area contributed by atoms with E-state index in [1.54, 1.807) is 0 Å². The second kappa shape index (κ2) is 10.9. The van der Waals surface area contributed by atoms with E-state index in [4.69, 9.17) is 4.52 Å². The third-order valence-electron chi connectivity index (χ3n) is 6.87. The van der Waals surface area contributed by atoms with Crippen molar-refractivity contribution in [1.82, 2.24) is 19.9 Å². The molecule has 0 unspecified atom stereocenters. The number of Topliss-reactive ketones (excluding diaryl/α,β-unsaturated/α-hetero) is 1. The van der Waals surface area contributed by atoms with Crippen molar-refractivity contribution in [3.05, 3.63) is 52.5 Å². The molecule has 0 N–H and O–H groups in total. The van der Waals surface area contributed by atoms with Crippen LogP contribution in [0.3, 0.4) is 0 Å². The van der Waals surface area contributed by atoms with E-state index in [1.165, 1.54) is 11.1 Å². The van der Waals surface area contributed by atoms with Crippen LogP contribution in [0.4, 0.5) is 0 Å². The van der Waals surface area contributed by atoms with Crippen molar-refractivity contribution in [3.63, 3.8) is 0 Å². The summed E-state index contributed by atoms with van der Waals surface area (Å²) in [6.45, 7) is 13.0. The number of hydrogen-bond donors (Lipinski definition) is 0. The average Bonchev–Trinajstić information content (AvgIpc) is 3.34. The molecule has 4 rings (SSSR count). The molecule has 0 radical (unpaired) electrons. The summed E-state index contributed by atoms with van der Waals surface area (Å²) < 4.78 is 7.88. The number of carbonyl (C=O) groups is 1. The van der Waals surface area contributed by atoms with Crippen molar-refractivity contribution in [2.24, 2.45) is 11.8 Å². The van der Waals surface area contributed by atoms with Gasteiger partial charge in [-0.3, -0.25) is 4.79 Å². The smallest absolute Gasteiger partial charge is 0.186 e. The molecule has 3 aromatic rings. The molecule has 2 heterocycles. The van der Waals surface area contributed by atoms with Crippen LogP contribution in [0.5, 0.6) is 0 Å². The highest BCUT2D eigenvalue weighted by atomic mass is 16.5. The lowest BCUT2D eigenvalue weighted by Gasteiger charge is -2.20. The van der Waals surface area contributed by atoms with Crippen molar-refractivity contribution in [2.75, 3.05) is 0 Å². The van der Waals surface area contributed by atoms with Crippen LogP contribution in [0.1, 0.15) is 100 Å². The lowest BCUT2D eigenvalue weighted by Crippen LogP contribution is -2.17. The number of carbonyl (C=O) groups excluding carboxylic acids is 1. The molecule has 0 bridgehead atoms. The van der Waals surface area contributed by atoms with Crippen molar-refractivity contribution in [1.29, 1.82) is 0 Å². The Balaban J connectivity index is 1.57. The summed E-state index contributed by atoms with van der Waals surface area (Å²) in [6, 6.07) is 8.72. The van der Waals surface area contributed by atoms with Gasteiger partial charge in [-0.15, -0.1) is 10.2 Å². The standard InChI is InChI=1S/C29H40N4O2/c1-18(2)7-12-26-17-27(32-35-26)29-31-30-28(33(29)24-10-11-24)23(13-19(3)4)16-25(34)15-22-9-8-20(5)14-21(22)6/h8-9,14,17-19,23-24H,7,10-13,15-16H2,1-6H3/t23-/m0/s1. The molecular weight excluding hydrogens is 436 g/mol. The highest BCUT2D eigenvalue weighted by molar-refractivity contribution is 5.82. The topological polar surface area (TPSA) is 73.8 Å². The van der Waals surface area contributed by atoms with E-state index in [0.29, 0.717) is 30.7 Å². The van der Waals surface area contributed by atoms with Crippen LogP contribution in [0.15, 0.2) is 28.8 Å². The van der Waals surface area contributed by atoms with Crippen LogP contribution in [-0.2, 0) is 17.6 Å². The second-order valence-electron chi connectivity index (χ2n) is 11.3. The lowest BCUT2D eigenvalue weighted by molar-refractivity contribution is -0.118. The van der Waals surface area contributed by atoms with E-state index < -0.39 is 0 Å². The molecule has 6 nitrogen and oxygen atoms in total. The van der Waals surface area contributed by atoms with Gasteiger partial charge >= 0.3 is 0 Å². The predicted octanol–water partition coefficient (Wildman–Crippen LogP) is 6.81. The molecule has 0 saturated heterocycles. The van der Waals surface area contributed by atoms with Gasteiger partial charge in [0.2, 0.25) is 0 Å². The molecule has 0 spiro atoms. The minimum atomic E-state index is 0.0439. The fourth-order valence-corrected chi connectivity index (χ4v) is 4.87. The Labute approximate surface area is 209 Å². The summed E-state index contributed by atoms with van der Waals surface area (Å²) >= 11 is 0. The molecule has 1 aliphatic rings. The Bertz CT molecular complexity index is 1150. The zero-order chi connectivity index (χ0) is 25.1. The molecule has 1 fully saturated rings. The molecule has 2 aromatic heterocycles. The minimum Gasteiger partial charge on any atom is -0.361 e. The monoisotopic (exact) mass is 476 g/mol. The van der Waals surface area contributed by atoms with Gasteiger partial charge in [-0.05, 0) is 62.5 Å². The Morgan fingerprint density at radius 3 is 2.51 bits per heavy atom. The quantitative estimate of drug-likeness (QED) is 0.287. The van der Waals surface area contributed by atoms with Gasteiger partial charge in [0.15, 0.2) is 11.5 Å². The predicted molar refractivity (Wildman–Crippen MR) is 138 cm³/mol. The zero-order valence-electron chi connectivity index (χ0n) is 22.2. The molecule has 1 aromatic carbocycles. The van der Waals surface area contributed by atoms with Crippen molar-refractivity contribution in [3.8, 4) is 11.5 Å². The van der Waals surface area contributed by atoms with Crippen LogP contribution in [0.25, 0.3) is 11.5 Å². The number of nitrogens with zero attached hydrogens (tertiary/aromatic N) is 4. The van der Waals surface area contributed by atoms with E-state index >= 15 is 0 Å². The van der Waals surface area contributed by atoms with Crippen LogP contribution in [-0.4, -0.2) is 25.7 Å². The van der Waals surface area contributed by atoms with Gasteiger partial charge in [0.1, 0.15) is 17.4 Å². The van der Waals surface area contributed by atoms with E-state index in [2.05, 4.69) is 79.7 Å². The maximum absolute atomic E-state index is 13.2. The molecule has 35 heavy (non-hydrogen) atoms. The SMILES string of the molecule is Cc1ccc(CC(=O)C[C@H](CC(C)C)c2nnc(-c3cc(CCC(C)C)on3)n2C2CC2)c(C)c1. The Kier molecular flexibility index (Phi) is 7.88. The second-order valence-corrected chi connectivity index (χ2v) is 11.3. The molecule has 188 valence electrons. The van der Waals surface area contributed by atoms with E-state index in [-0.39, 0.29) is 11.7 Å². The number of aryl methyl sites for hydroxylation is 3. The van der Waals surface area contributed by atoms with Crippen LogP contribution in [0, 0.1) is 25.7 Å². The number of rotatable bonds is 12. The van der Waals surface area contributed by atoms with Crippen LogP contribution < -0.4 is 0 Å². The number of hydrogen-bond acceptors (Lipinski definition) is 5. The molecule has 0 aliphatic heterocycles. The Morgan fingerprint density at radius 1 is 1.09 bits per heavy atom. The van der Waals surface area contributed by atoms with Crippen LogP contribution in [0.2, 0.25) is 0 Å². The van der Waals surface area contributed by atoms with E-state index in [1.807, 2.05) is 6.07 Å². The third kappa shape index (κ3) is 6.47. The third-order valence-corrected chi connectivity index (χ3v) is 6.87. The van der Waals surface area contributed by atoms with Gasteiger partial charge in [-0.25, -0.2) is 0 Å². The molecule has 0 amide bonds. The van der Waals surface area contributed by atoms with Crippen molar-refractivity contribution in [2.45, 2.75) is 98.4 Å². The van der Waals surface area contributed by atoms with Gasteiger partial charge in [0.25, 0.3) is 0 Å². The maximum Gasteiger partial charge on any atom is 0.186 e. The molecule has 1 atom stereocenters. The fraction of sp³-hybridized carbons (Fsp3) is 0.586. The molecule has 6 heteroatoms. The summed E-state index contributed by atoms with van der Waals surface area (Å²) in [5.74, 6) is 3.96. The lowest BCUT2D eigenvalue weighted by atomic mass is 9.89. The largest absolute Gasteiger partial charge is 0.361 e. The summed E-state index contributed by atoms with van der Waals surface area (Å²) in [5, 5.41) is 13.6. The van der Waals surface area contributed by atoms with Crippen LogP contribution >= 0.6 is 0 Å². The van der Waals surface area contributed by atoms with E-state index in [0.717, 1.165) is 60.8 Å². The van der Waals surface area contributed by atoms with Crippen molar-refractivity contribution < 1.29 is 9.32 Å². The van der Waals surface area contributed by atoms with Gasteiger partial charge < -0.3 is 9.09 Å². The summed E-state index contributed by atoms with van der Waals surface area (Å²) in [6.07, 6.45) is 6.01. The first-order chi connectivity index (χ1) is 16.7. The normalized spacial score (nSPS) is 14.7. The first-order valence-electron chi connectivity index (χ1n) is 13.2. The summed E-state index contributed by atoms with van der Waals surface area (Å²) in [7, 11) is 0. The first-order valence-corrected chi connectivity index (χ1v) is 13.2. The van der Waals surface area contributed by atoms with Gasteiger partial charge in [0.05, 0.1) is 0 Å². The zero-order valence-corrected chi connectivity index (χ0v) is 22.2. The molecule has 1 saturated carbocycles. The number of benzene rings is 1. The fourth-order valence-electron chi connectivity index (χ4n) is 4.87. The first kappa shape index (κ1) is 25.3. The van der Waals surface area contributed by atoms with E-state index in [9.17, 15) is 4.79 Å².